The van der Waals surface area contributed by atoms with Crippen molar-refractivity contribution in [3.8, 4) is 0 Å². The number of fused-ring (bicyclic) bond motifs is 3. The molecule has 2 aromatic carbocycles. The molecule has 26 heavy (non-hydrogen) atoms. The van der Waals surface area contributed by atoms with Crippen LogP contribution < -0.4 is 9.62 Å². The smallest absolute Gasteiger partial charge is 0.289 e. The number of halogens is 1. The minimum Gasteiger partial charge on any atom is -0.316 e. The lowest BCUT2D eigenvalue weighted by atomic mass is 9.90. The lowest BCUT2D eigenvalue weighted by Crippen LogP contribution is -2.46. The SMILES string of the molecule is O=[N+]([O-])c1ccccc1S(=O)(=O)N1c2ccc(F)cc2[C@@H]2CNCC[C@@H]21. The molecule has 0 aromatic heterocycles. The maximum Gasteiger partial charge on any atom is 0.289 e. The summed E-state index contributed by atoms with van der Waals surface area (Å²) in [4.78, 5) is 10.3. The van der Waals surface area contributed by atoms with Gasteiger partial charge in [-0.05, 0) is 42.8 Å². The van der Waals surface area contributed by atoms with Gasteiger partial charge in [0.1, 0.15) is 5.82 Å². The van der Waals surface area contributed by atoms with Crippen LogP contribution in [0.25, 0.3) is 0 Å². The van der Waals surface area contributed by atoms with Crippen LogP contribution in [0.1, 0.15) is 17.9 Å². The average molecular weight is 377 g/mol. The molecule has 2 aliphatic rings. The maximum atomic E-state index is 13.8. The first-order valence-electron chi connectivity index (χ1n) is 8.19. The number of sulfonamides is 1. The minimum atomic E-state index is -4.17. The average Bonchev–Trinajstić information content (AvgIpc) is 2.96. The van der Waals surface area contributed by atoms with Crippen LogP contribution in [0, 0.1) is 15.9 Å². The highest BCUT2D eigenvalue weighted by Crippen LogP contribution is 2.47. The fourth-order valence-corrected chi connectivity index (χ4v) is 5.79. The second kappa shape index (κ2) is 6.03. The molecule has 2 heterocycles. The third-order valence-electron chi connectivity index (χ3n) is 4.97. The largest absolute Gasteiger partial charge is 0.316 e. The van der Waals surface area contributed by atoms with Gasteiger partial charge in [0.2, 0.25) is 0 Å². The van der Waals surface area contributed by atoms with E-state index in [1.807, 2.05) is 0 Å². The van der Waals surface area contributed by atoms with Gasteiger partial charge in [0.15, 0.2) is 4.90 Å². The van der Waals surface area contributed by atoms with Crippen molar-refractivity contribution in [2.24, 2.45) is 0 Å². The highest BCUT2D eigenvalue weighted by atomic mass is 32.2. The van der Waals surface area contributed by atoms with Crippen LogP contribution in [0.2, 0.25) is 0 Å². The van der Waals surface area contributed by atoms with Gasteiger partial charge in [0.25, 0.3) is 15.7 Å². The summed E-state index contributed by atoms with van der Waals surface area (Å²) < 4.78 is 41.7. The Morgan fingerprint density at radius 3 is 2.77 bits per heavy atom. The van der Waals surface area contributed by atoms with Gasteiger partial charge in [-0.15, -0.1) is 0 Å². The minimum absolute atomic E-state index is 0.188. The van der Waals surface area contributed by atoms with Crippen LogP contribution in [0.3, 0.4) is 0 Å². The zero-order valence-electron chi connectivity index (χ0n) is 13.6. The molecule has 0 unspecified atom stereocenters. The molecule has 0 spiro atoms. The van der Waals surface area contributed by atoms with Gasteiger partial charge in [-0.25, -0.2) is 12.8 Å². The topological polar surface area (TPSA) is 92.5 Å². The number of nitro groups is 1. The predicted molar refractivity (Wildman–Crippen MR) is 93.2 cm³/mol. The van der Waals surface area contributed by atoms with Crippen molar-refractivity contribution in [3.05, 3.63) is 64.0 Å². The molecule has 0 aliphatic carbocycles. The fraction of sp³-hybridized carbons (Fsp3) is 0.294. The molecule has 2 atom stereocenters. The van der Waals surface area contributed by atoms with E-state index < -0.39 is 32.5 Å². The summed E-state index contributed by atoms with van der Waals surface area (Å²) in [5.41, 5.74) is 0.543. The highest BCUT2D eigenvalue weighted by Gasteiger charge is 2.47. The number of nitro benzene ring substituents is 1. The summed E-state index contributed by atoms with van der Waals surface area (Å²) in [5, 5.41) is 14.5. The molecule has 0 radical (unpaired) electrons. The molecule has 0 saturated carbocycles. The summed E-state index contributed by atoms with van der Waals surface area (Å²) in [5.74, 6) is -0.620. The Bertz CT molecular complexity index is 995. The molecule has 2 aromatic rings. The number of hydrogen-bond acceptors (Lipinski definition) is 5. The second-order valence-corrected chi connectivity index (χ2v) is 8.18. The van der Waals surface area contributed by atoms with Crippen molar-refractivity contribution in [3.63, 3.8) is 0 Å². The van der Waals surface area contributed by atoms with Gasteiger partial charge < -0.3 is 5.32 Å². The van der Waals surface area contributed by atoms with Gasteiger partial charge in [-0.1, -0.05) is 12.1 Å². The van der Waals surface area contributed by atoms with Gasteiger partial charge in [-0.2, -0.15) is 0 Å². The third-order valence-corrected chi connectivity index (χ3v) is 6.86. The molecular weight excluding hydrogens is 361 g/mol. The lowest BCUT2D eigenvalue weighted by Gasteiger charge is -2.33. The Morgan fingerprint density at radius 1 is 1.23 bits per heavy atom. The van der Waals surface area contributed by atoms with Crippen LogP contribution in [0.5, 0.6) is 0 Å². The molecule has 0 bridgehead atoms. The van der Waals surface area contributed by atoms with E-state index in [0.717, 1.165) is 0 Å². The summed E-state index contributed by atoms with van der Waals surface area (Å²) in [6.07, 6.45) is 0.542. The van der Waals surface area contributed by atoms with Gasteiger partial charge in [0.05, 0.1) is 16.7 Å². The quantitative estimate of drug-likeness (QED) is 0.655. The van der Waals surface area contributed by atoms with E-state index in [-0.39, 0.29) is 10.8 Å². The monoisotopic (exact) mass is 377 g/mol. The second-order valence-electron chi connectivity index (χ2n) is 6.40. The van der Waals surface area contributed by atoms with Gasteiger partial charge in [-0.3, -0.25) is 14.4 Å². The van der Waals surface area contributed by atoms with E-state index in [2.05, 4.69) is 5.32 Å². The summed E-state index contributed by atoms with van der Waals surface area (Å²) in [7, 11) is -4.17. The van der Waals surface area contributed by atoms with Crippen molar-refractivity contribution in [2.75, 3.05) is 17.4 Å². The van der Waals surface area contributed by atoms with E-state index in [9.17, 15) is 22.9 Å². The number of nitrogens with one attached hydrogen (secondary N) is 1. The first-order chi connectivity index (χ1) is 12.4. The summed E-state index contributed by atoms with van der Waals surface area (Å²) in [6, 6.07) is 8.92. The van der Waals surface area contributed by atoms with Crippen molar-refractivity contribution in [1.82, 2.24) is 5.32 Å². The number of rotatable bonds is 3. The molecule has 1 fully saturated rings. The number of para-hydroxylation sites is 1. The molecule has 7 nitrogen and oxygen atoms in total. The third kappa shape index (κ3) is 2.46. The van der Waals surface area contributed by atoms with E-state index in [0.29, 0.717) is 30.8 Å². The Morgan fingerprint density at radius 2 is 2.00 bits per heavy atom. The highest BCUT2D eigenvalue weighted by molar-refractivity contribution is 7.93. The number of anilines is 1. The van der Waals surface area contributed by atoms with Crippen LogP contribution in [-0.4, -0.2) is 32.5 Å². The van der Waals surface area contributed by atoms with E-state index >= 15 is 0 Å². The Balaban J connectivity index is 1.91. The van der Waals surface area contributed by atoms with Gasteiger partial charge >= 0.3 is 0 Å². The van der Waals surface area contributed by atoms with Crippen LogP contribution in [0.4, 0.5) is 15.8 Å². The van der Waals surface area contributed by atoms with E-state index in [4.69, 9.17) is 0 Å². The first kappa shape index (κ1) is 16.9. The zero-order chi connectivity index (χ0) is 18.5. The van der Waals surface area contributed by atoms with Crippen molar-refractivity contribution >= 4 is 21.4 Å². The molecule has 1 N–H and O–H groups in total. The summed E-state index contributed by atoms with van der Waals surface area (Å²) >= 11 is 0. The van der Waals surface area contributed by atoms with Crippen LogP contribution in [-0.2, 0) is 10.0 Å². The van der Waals surface area contributed by atoms with E-state index in [1.54, 1.807) is 0 Å². The standard InChI is InChI=1S/C17H16FN3O4S/c18-11-5-6-14-12(9-11)13-10-19-8-7-15(13)20(14)26(24,25)17-4-2-1-3-16(17)21(22)23/h1-6,9,13,15,19H,7-8,10H2/t13-,15-/m0/s1. The lowest BCUT2D eigenvalue weighted by molar-refractivity contribution is -0.387. The molecule has 136 valence electrons. The van der Waals surface area contributed by atoms with Crippen molar-refractivity contribution in [2.45, 2.75) is 23.3 Å². The zero-order valence-corrected chi connectivity index (χ0v) is 14.4. The van der Waals surface area contributed by atoms with Crippen LogP contribution in [0.15, 0.2) is 47.4 Å². The molecule has 9 heteroatoms. The number of nitrogens with zero attached hydrogens (tertiary/aromatic N) is 2. The molecule has 2 aliphatic heterocycles. The van der Waals surface area contributed by atoms with E-state index in [1.165, 1.54) is 46.8 Å². The molecule has 0 amide bonds. The Hall–Kier alpha value is -2.52. The van der Waals surface area contributed by atoms with Crippen LogP contribution >= 0.6 is 0 Å². The molecular formula is C17H16FN3O4S. The normalized spacial score (nSPS) is 22.0. The molecule has 1 saturated heterocycles. The fourth-order valence-electron chi connectivity index (χ4n) is 3.88. The van der Waals surface area contributed by atoms with Crippen molar-refractivity contribution in [1.29, 1.82) is 0 Å². The Labute approximate surface area is 149 Å². The number of piperidine rings is 1. The predicted octanol–water partition coefficient (Wildman–Crippen LogP) is 2.39. The Kier molecular flexibility index (Phi) is 3.92. The number of benzene rings is 2. The number of hydrogen-bond donors (Lipinski definition) is 1. The first-order valence-corrected chi connectivity index (χ1v) is 9.63. The summed E-state index contributed by atoms with van der Waals surface area (Å²) in [6.45, 7) is 1.16. The van der Waals surface area contributed by atoms with Gasteiger partial charge in [0, 0.05) is 18.5 Å². The molecule has 4 rings (SSSR count). The van der Waals surface area contributed by atoms with Crippen molar-refractivity contribution < 1.29 is 17.7 Å². The maximum absolute atomic E-state index is 13.8.